The molecule has 7 heteroatoms. The van der Waals surface area contributed by atoms with Crippen molar-refractivity contribution in [3.05, 3.63) is 71.3 Å². The van der Waals surface area contributed by atoms with Crippen molar-refractivity contribution in [3.8, 4) is 0 Å². The van der Waals surface area contributed by atoms with Gasteiger partial charge in [-0.15, -0.1) is 0 Å². The van der Waals surface area contributed by atoms with E-state index in [0.717, 1.165) is 10.5 Å². The Morgan fingerprint density at radius 2 is 1.43 bits per heavy atom. The van der Waals surface area contributed by atoms with Gasteiger partial charge in [-0.1, -0.05) is 49.4 Å². The van der Waals surface area contributed by atoms with E-state index in [9.17, 15) is 19.2 Å². The quantitative estimate of drug-likeness (QED) is 0.561. The van der Waals surface area contributed by atoms with Crippen LogP contribution in [0.4, 0.5) is 0 Å². The first kappa shape index (κ1) is 21.2. The first-order valence-corrected chi connectivity index (χ1v) is 9.81. The van der Waals surface area contributed by atoms with Gasteiger partial charge < -0.3 is 10.1 Å². The Kier molecular flexibility index (Phi) is 6.30. The van der Waals surface area contributed by atoms with E-state index in [1.54, 1.807) is 12.1 Å². The standard InChI is InChI=1S/C23H24N2O5/c1-14(17-9-5-4-6-10-17)13-24-20(26)16(3)30-23(29)15(2)25-21(27)18-11-7-8-12-19(18)22(25)28/h4-12,14-16H,13H2,1-3H3,(H,24,26)/t14-,15+,16-/m0/s1. The molecule has 2 aromatic carbocycles. The summed E-state index contributed by atoms with van der Waals surface area (Å²) in [5.41, 5.74) is 1.59. The molecule has 0 saturated carbocycles. The Morgan fingerprint density at radius 3 is 2.00 bits per heavy atom. The van der Waals surface area contributed by atoms with Crippen molar-refractivity contribution in [2.45, 2.75) is 38.8 Å². The van der Waals surface area contributed by atoms with E-state index >= 15 is 0 Å². The van der Waals surface area contributed by atoms with Crippen molar-refractivity contribution < 1.29 is 23.9 Å². The largest absolute Gasteiger partial charge is 0.451 e. The summed E-state index contributed by atoms with van der Waals surface area (Å²) < 4.78 is 5.22. The summed E-state index contributed by atoms with van der Waals surface area (Å²) in [5.74, 6) is -2.26. The highest BCUT2D eigenvalue weighted by Crippen LogP contribution is 2.25. The summed E-state index contributed by atoms with van der Waals surface area (Å²) in [5, 5.41) is 2.76. The van der Waals surface area contributed by atoms with E-state index in [0.29, 0.717) is 6.54 Å². The first-order valence-electron chi connectivity index (χ1n) is 9.81. The highest BCUT2D eigenvalue weighted by atomic mass is 16.5. The number of rotatable bonds is 7. The van der Waals surface area contributed by atoms with Gasteiger partial charge in [0.15, 0.2) is 6.10 Å². The summed E-state index contributed by atoms with van der Waals surface area (Å²) in [6, 6.07) is 15.0. The Bertz CT molecular complexity index is 938. The Balaban J connectivity index is 1.55. The van der Waals surface area contributed by atoms with Gasteiger partial charge in [-0.3, -0.25) is 19.3 Å². The van der Waals surface area contributed by atoms with Crippen molar-refractivity contribution in [1.82, 2.24) is 10.2 Å². The third-order valence-corrected chi connectivity index (χ3v) is 5.17. The number of esters is 1. The highest BCUT2D eigenvalue weighted by molar-refractivity contribution is 6.22. The van der Waals surface area contributed by atoms with Crippen LogP contribution in [-0.2, 0) is 14.3 Å². The zero-order chi connectivity index (χ0) is 21.8. The lowest BCUT2D eigenvalue weighted by Gasteiger charge is -2.23. The number of ether oxygens (including phenoxy) is 1. The molecule has 1 heterocycles. The van der Waals surface area contributed by atoms with Crippen LogP contribution in [0.1, 0.15) is 53.0 Å². The van der Waals surface area contributed by atoms with Gasteiger partial charge in [0, 0.05) is 6.54 Å². The van der Waals surface area contributed by atoms with Gasteiger partial charge in [-0.05, 0) is 37.5 Å². The van der Waals surface area contributed by atoms with E-state index in [4.69, 9.17) is 4.74 Å². The summed E-state index contributed by atoms with van der Waals surface area (Å²) >= 11 is 0. The predicted octanol–water partition coefficient (Wildman–Crippen LogP) is 2.52. The van der Waals surface area contributed by atoms with Crippen molar-refractivity contribution in [2.75, 3.05) is 6.54 Å². The second-order valence-electron chi connectivity index (χ2n) is 7.34. The number of nitrogens with one attached hydrogen (secondary N) is 1. The van der Waals surface area contributed by atoms with Crippen LogP contribution < -0.4 is 5.32 Å². The lowest BCUT2D eigenvalue weighted by atomic mass is 10.0. The Morgan fingerprint density at radius 1 is 0.900 bits per heavy atom. The van der Waals surface area contributed by atoms with Crippen LogP contribution in [0.5, 0.6) is 0 Å². The lowest BCUT2D eigenvalue weighted by Crippen LogP contribution is -2.46. The third kappa shape index (κ3) is 4.25. The smallest absolute Gasteiger partial charge is 0.329 e. The molecule has 1 N–H and O–H groups in total. The molecule has 30 heavy (non-hydrogen) atoms. The van der Waals surface area contributed by atoms with Gasteiger partial charge in [-0.25, -0.2) is 4.79 Å². The maximum Gasteiger partial charge on any atom is 0.329 e. The second-order valence-corrected chi connectivity index (χ2v) is 7.34. The van der Waals surface area contributed by atoms with Crippen molar-refractivity contribution in [2.24, 2.45) is 0 Å². The van der Waals surface area contributed by atoms with Gasteiger partial charge in [0.05, 0.1) is 11.1 Å². The van der Waals surface area contributed by atoms with Crippen LogP contribution in [0.15, 0.2) is 54.6 Å². The lowest BCUT2D eigenvalue weighted by molar-refractivity contribution is -0.158. The van der Waals surface area contributed by atoms with E-state index in [-0.39, 0.29) is 17.0 Å². The maximum atomic E-state index is 12.5. The number of nitrogens with zero attached hydrogens (tertiary/aromatic N) is 1. The van der Waals surface area contributed by atoms with Crippen LogP contribution in [0, 0.1) is 0 Å². The molecule has 156 valence electrons. The number of benzene rings is 2. The van der Waals surface area contributed by atoms with E-state index in [1.807, 2.05) is 37.3 Å². The van der Waals surface area contributed by atoms with Crippen LogP contribution in [0.2, 0.25) is 0 Å². The van der Waals surface area contributed by atoms with E-state index < -0.39 is 35.8 Å². The molecule has 0 bridgehead atoms. The molecule has 3 atom stereocenters. The fourth-order valence-electron chi connectivity index (χ4n) is 3.29. The zero-order valence-corrected chi connectivity index (χ0v) is 17.1. The summed E-state index contributed by atoms with van der Waals surface area (Å²) in [6.45, 7) is 5.23. The number of fused-ring (bicyclic) bond motifs is 1. The monoisotopic (exact) mass is 408 g/mol. The van der Waals surface area contributed by atoms with Crippen molar-refractivity contribution in [1.29, 1.82) is 0 Å². The fraction of sp³-hybridized carbons (Fsp3) is 0.304. The van der Waals surface area contributed by atoms with Crippen LogP contribution >= 0.6 is 0 Å². The van der Waals surface area contributed by atoms with Gasteiger partial charge in [0.1, 0.15) is 6.04 Å². The Labute approximate surface area is 175 Å². The summed E-state index contributed by atoms with van der Waals surface area (Å²) in [4.78, 5) is 50.7. The summed E-state index contributed by atoms with van der Waals surface area (Å²) in [7, 11) is 0. The van der Waals surface area contributed by atoms with Crippen molar-refractivity contribution >= 4 is 23.7 Å². The molecule has 2 aromatic rings. The number of imide groups is 1. The molecule has 0 unspecified atom stereocenters. The molecule has 3 rings (SSSR count). The van der Waals surface area contributed by atoms with Gasteiger partial charge in [-0.2, -0.15) is 0 Å². The molecule has 3 amide bonds. The molecule has 0 saturated heterocycles. The molecule has 0 fully saturated rings. The van der Waals surface area contributed by atoms with Crippen LogP contribution in [0.3, 0.4) is 0 Å². The molecule has 0 aromatic heterocycles. The van der Waals surface area contributed by atoms with Gasteiger partial charge >= 0.3 is 5.97 Å². The number of amides is 3. The first-order chi connectivity index (χ1) is 14.3. The van der Waals surface area contributed by atoms with E-state index in [2.05, 4.69) is 5.32 Å². The molecule has 0 radical (unpaired) electrons. The average molecular weight is 408 g/mol. The van der Waals surface area contributed by atoms with Gasteiger partial charge in [0.25, 0.3) is 17.7 Å². The maximum absolute atomic E-state index is 12.5. The number of hydrogen-bond donors (Lipinski definition) is 1. The predicted molar refractivity (Wildman–Crippen MR) is 110 cm³/mol. The normalized spacial score (nSPS) is 15.9. The SMILES string of the molecule is C[C@H](OC(=O)[C@@H](C)N1C(=O)c2ccccc2C1=O)C(=O)NC[C@H](C)c1ccccc1. The topological polar surface area (TPSA) is 92.8 Å². The van der Waals surface area contributed by atoms with Gasteiger partial charge in [0.2, 0.25) is 0 Å². The molecule has 0 aliphatic carbocycles. The Hall–Kier alpha value is -3.48. The van der Waals surface area contributed by atoms with Crippen molar-refractivity contribution in [3.63, 3.8) is 0 Å². The average Bonchev–Trinajstić information content (AvgIpc) is 3.02. The third-order valence-electron chi connectivity index (χ3n) is 5.17. The minimum atomic E-state index is -1.14. The zero-order valence-electron chi connectivity index (χ0n) is 17.1. The fourth-order valence-corrected chi connectivity index (χ4v) is 3.29. The molecule has 1 aliphatic rings. The molecule has 1 aliphatic heterocycles. The number of carbonyl (C=O) groups excluding carboxylic acids is 4. The number of hydrogen-bond acceptors (Lipinski definition) is 5. The molecular weight excluding hydrogens is 384 g/mol. The van der Waals surface area contributed by atoms with Crippen LogP contribution in [-0.4, -0.2) is 47.3 Å². The minimum absolute atomic E-state index is 0.0929. The second kappa shape index (κ2) is 8.90. The number of carbonyl (C=O) groups is 4. The highest BCUT2D eigenvalue weighted by Gasteiger charge is 2.41. The molecule has 0 spiro atoms. The molecular formula is C23H24N2O5. The minimum Gasteiger partial charge on any atom is -0.451 e. The molecule has 7 nitrogen and oxygen atoms in total. The van der Waals surface area contributed by atoms with E-state index in [1.165, 1.54) is 26.0 Å². The van der Waals surface area contributed by atoms with Crippen LogP contribution in [0.25, 0.3) is 0 Å². The summed E-state index contributed by atoms with van der Waals surface area (Å²) in [6.07, 6.45) is -1.06.